The molecular weight excluding hydrogens is 378 g/mol. The molecule has 7 nitrogen and oxygen atoms in total. The number of imidazole rings is 1. The van der Waals surface area contributed by atoms with Crippen LogP contribution in [0.5, 0.6) is 5.75 Å². The van der Waals surface area contributed by atoms with Crippen molar-refractivity contribution in [1.29, 1.82) is 0 Å². The van der Waals surface area contributed by atoms with Gasteiger partial charge in [0.05, 0.1) is 11.9 Å². The van der Waals surface area contributed by atoms with E-state index in [0.717, 1.165) is 17.9 Å². The smallest absolute Gasteiger partial charge is 0.256 e. The van der Waals surface area contributed by atoms with Crippen LogP contribution in [-0.4, -0.2) is 25.1 Å². The van der Waals surface area contributed by atoms with Gasteiger partial charge in [0.25, 0.3) is 5.91 Å². The normalized spacial score (nSPS) is 11.2. The second-order valence-electron chi connectivity index (χ2n) is 7.77. The lowest BCUT2D eigenvalue weighted by atomic mass is 10.2. The summed E-state index contributed by atoms with van der Waals surface area (Å²) >= 11 is 0. The zero-order valence-electron chi connectivity index (χ0n) is 17.4. The van der Waals surface area contributed by atoms with Crippen molar-refractivity contribution in [2.75, 3.05) is 5.32 Å². The Balaban J connectivity index is 1.43. The van der Waals surface area contributed by atoms with Crippen molar-refractivity contribution in [3.63, 3.8) is 0 Å². The lowest BCUT2D eigenvalue weighted by molar-refractivity contribution is 0.102. The van der Waals surface area contributed by atoms with Crippen molar-refractivity contribution in [3.8, 4) is 5.75 Å². The zero-order valence-corrected chi connectivity index (χ0v) is 17.4. The van der Waals surface area contributed by atoms with Gasteiger partial charge < -0.3 is 14.5 Å². The van der Waals surface area contributed by atoms with Gasteiger partial charge in [-0.2, -0.15) is 5.10 Å². The van der Waals surface area contributed by atoms with E-state index in [4.69, 9.17) is 4.74 Å². The van der Waals surface area contributed by atoms with E-state index in [0.29, 0.717) is 29.7 Å². The number of carbonyl (C=O) groups is 1. The first-order chi connectivity index (χ1) is 14.5. The van der Waals surface area contributed by atoms with Gasteiger partial charge in [-0.05, 0) is 42.7 Å². The number of hydrogen-bond acceptors (Lipinski definition) is 4. The lowest BCUT2D eigenvalue weighted by Gasteiger charge is -2.11. The molecule has 0 bridgehead atoms. The predicted octanol–water partition coefficient (Wildman–Crippen LogP) is 4.33. The maximum absolute atomic E-state index is 12.7. The molecule has 154 valence electrons. The minimum Gasteiger partial charge on any atom is -0.487 e. The standard InChI is InChI=1S/C23H25N5O2/c1-16(2)12-28-22(9-10-24-28)26-23(29)18-5-4-6-20(11-18)30-15-19-14-27-13-17(3)7-8-21(27)25-19/h4-11,13-14,16H,12,15H2,1-3H3,(H,26,29). The number of fused-ring (bicyclic) bond motifs is 1. The van der Waals surface area contributed by atoms with Crippen LogP contribution in [0.2, 0.25) is 0 Å². The second-order valence-corrected chi connectivity index (χ2v) is 7.77. The van der Waals surface area contributed by atoms with Crippen molar-refractivity contribution in [3.05, 3.63) is 77.9 Å². The summed E-state index contributed by atoms with van der Waals surface area (Å²) in [5.74, 6) is 1.53. The number of aryl methyl sites for hydroxylation is 1. The number of rotatable bonds is 7. The highest BCUT2D eigenvalue weighted by atomic mass is 16.5. The summed E-state index contributed by atoms with van der Waals surface area (Å²) in [5.41, 5.74) is 3.40. The molecule has 0 saturated heterocycles. The number of anilines is 1. The average Bonchev–Trinajstić information content (AvgIpc) is 3.32. The highest BCUT2D eigenvalue weighted by molar-refractivity contribution is 6.04. The van der Waals surface area contributed by atoms with E-state index < -0.39 is 0 Å². The first-order valence-corrected chi connectivity index (χ1v) is 9.98. The molecule has 0 atom stereocenters. The van der Waals surface area contributed by atoms with E-state index in [9.17, 15) is 4.79 Å². The molecule has 0 unspecified atom stereocenters. The lowest BCUT2D eigenvalue weighted by Crippen LogP contribution is -2.17. The second kappa shape index (κ2) is 8.41. The highest BCUT2D eigenvalue weighted by Crippen LogP contribution is 2.18. The maximum Gasteiger partial charge on any atom is 0.256 e. The Morgan fingerprint density at radius 2 is 2.03 bits per heavy atom. The van der Waals surface area contributed by atoms with Crippen LogP contribution < -0.4 is 10.1 Å². The fourth-order valence-electron chi connectivity index (χ4n) is 3.23. The molecule has 0 aliphatic heterocycles. The van der Waals surface area contributed by atoms with Crippen LogP contribution >= 0.6 is 0 Å². The number of aromatic nitrogens is 4. The van der Waals surface area contributed by atoms with Crippen molar-refractivity contribution in [2.45, 2.75) is 33.9 Å². The first kappa shape index (κ1) is 19.7. The summed E-state index contributed by atoms with van der Waals surface area (Å²) in [6.07, 6.45) is 5.67. The van der Waals surface area contributed by atoms with E-state index >= 15 is 0 Å². The van der Waals surface area contributed by atoms with Crippen LogP contribution in [0, 0.1) is 12.8 Å². The van der Waals surface area contributed by atoms with Gasteiger partial charge in [0.15, 0.2) is 0 Å². The summed E-state index contributed by atoms with van der Waals surface area (Å²) in [4.78, 5) is 17.3. The summed E-state index contributed by atoms with van der Waals surface area (Å²) in [6.45, 7) is 7.33. The number of benzene rings is 1. The molecule has 0 aliphatic carbocycles. The minimum absolute atomic E-state index is 0.200. The molecule has 7 heteroatoms. The van der Waals surface area contributed by atoms with Gasteiger partial charge in [0, 0.05) is 30.6 Å². The van der Waals surface area contributed by atoms with Gasteiger partial charge in [-0.25, -0.2) is 9.67 Å². The van der Waals surface area contributed by atoms with Gasteiger partial charge in [0.2, 0.25) is 0 Å². The molecule has 0 saturated carbocycles. The first-order valence-electron chi connectivity index (χ1n) is 9.98. The van der Waals surface area contributed by atoms with Crippen LogP contribution in [0.4, 0.5) is 5.82 Å². The van der Waals surface area contributed by atoms with Gasteiger partial charge in [-0.1, -0.05) is 26.0 Å². The monoisotopic (exact) mass is 403 g/mol. The molecule has 1 N–H and O–H groups in total. The molecule has 4 aromatic rings. The maximum atomic E-state index is 12.7. The van der Waals surface area contributed by atoms with Crippen molar-refractivity contribution in [1.82, 2.24) is 19.2 Å². The quantitative estimate of drug-likeness (QED) is 0.499. The van der Waals surface area contributed by atoms with Crippen molar-refractivity contribution in [2.24, 2.45) is 5.92 Å². The number of ether oxygens (including phenoxy) is 1. The zero-order chi connectivity index (χ0) is 21.1. The van der Waals surface area contributed by atoms with Gasteiger partial charge in [0.1, 0.15) is 23.8 Å². The van der Waals surface area contributed by atoms with Crippen LogP contribution in [0.15, 0.2) is 61.1 Å². The molecule has 0 spiro atoms. The molecule has 3 heterocycles. The number of amides is 1. The molecule has 0 aliphatic rings. The third-order valence-corrected chi connectivity index (χ3v) is 4.63. The Morgan fingerprint density at radius 3 is 2.87 bits per heavy atom. The largest absolute Gasteiger partial charge is 0.487 e. The average molecular weight is 403 g/mol. The Bertz CT molecular complexity index is 1180. The predicted molar refractivity (Wildman–Crippen MR) is 116 cm³/mol. The summed E-state index contributed by atoms with van der Waals surface area (Å²) < 4.78 is 9.66. The van der Waals surface area contributed by atoms with E-state index in [1.54, 1.807) is 29.1 Å². The molecule has 3 aromatic heterocycles. The number of nitrogens with one attached hydrogen (secondary N) is 1. The molecule has 30 heavy (non-hydrogen) atoms. The summed E-state index contributed by atoms with van der Waals surface area (Å²) in [6, 6.07) is 12.9. The van der Waals surface area contributed by atoms with Gasteiger partial charge >= 0.3 is 0 Å². The molecule has 0 fully saturated rings. The Kier molecular flexibility index (Phi) is 5.52. The molecular formula is C23H25N5O2. The number of pyridine rings is 1. The fourth-order valence-corrected chi connectivity index (χ4v) is 3.23. The van der Waals surface area contributed by atoms with Crippen LogP contribution in [-0.2, 0) is 13.2 Å². The Hall–Kier alpha value is -3.61. The minimum atomic E-state index is -0.200. The Labute approximate surface area is 175 Å². The molecule has 1 aromatic carbocycles. The highest BCUT2D eigenvalue weighted by Gasteiger charge is 2.12. The third kappa shape index (κ3) is 4.51. The summed E-state index contributed by atoms with van der Waals surface area (Å²) in [5, 5.41) is 7.20. The molecule has 0 radical (unpaired) electrons. The van der Waals surface area contributed by atoms with Crippen LogP contribution in [0.1, 0.15) is 35.5 Å². The summed E-state index contributed by atoms with van der Waals surface area (Å²) in [7, 11) is 0. The SMILES string of the molecule is Cc1ccc2nc(COc3cccc(C(=O)Nc4ccnn4CC(C)C)c3)cn2c1. The fraction of sp³-hybridized carbons (Fsp3) is 0.261. The van der Waals surface area contributed by atoms with E-state index in [-0.39, 0.29) is 5.91 Å². The number of carbonyl (C=O) groups excluding carboxylic acids is 1. The van der Waals surface area contributed by atoms with Gasteiger partial charge in [-0.15, -0.1) is 0 Å². The number of hydrogen-bond donors (Lipinski definition) is 1. The molecule has 4 rings (SSSR count). The Morgan fingerprint density at radius 1 is 1.17 bits per heavy atom. The van der Waals surface area contributed by atoms with Gasteiger partial charge in [-0.3, -0.25) is 4.79 Å². The van der Waals surface area contributed by atoms with Crippen molar-refractivity contribution < 1.29 is 9.53 Å². The van der Waals surface area contributed by atoms with Crippen LogP contribution in [0.25, 0.3) is 5.65 Å². The van der Waals surface area contributed by atoms with E-state index in [1.807, 2.05) is 48.0 Å². The third-order valence-electron chi connectivity index (χ3n) is 4.63. The van der Waals surface area contributed by atoms with E-state index in [1.165, 1.54) is 5.56 Å². The topological polar surface area (TPSA) is 73.4 Å². The number of nitrogens with zero attached hydrogens (tertiary/aromatic N) is 4. The van der Waals surface area contributed by atoms with Crippen molar-refractivity contribution >= 4 is 17.4 Å². The van der Waals surface area contributed by atoms with Crippen LogP contribution in [0.3, 0.4) is 0 Å². The molecule has 1 amide bonds. The van der Waals surface area contributed by atoms with E-state index in [2.05, 4.69) is 29.2 Å².